The van der Waals surface area contributed by atoms with E-state index in [1.54, 1.807) is 31.8 Å². The third kappa shape index (κ3) is 4.63. The van der Waals surface area contributed by atoms with E-state index < -0.39 is 5.25 Å². The monoisotopic (exact) mass is 492 g/mol. The Morgan fingerprint density at radius 3 is 2.50 bits per heavy atom. The highest BCUT2D eigenvalue weighted by atomic mass is 32.2. The first-order valence-corrected chi connectivity index (χ1v) is 12.1. The Morgan fingerprint density at radius 1 is 1.09 bits per heavy atom. The molecule has 0 saturated carbocycles. The Bertz CT molecular complexity index is 1320. The minimum Gasteiger partial charge on any atom is -0.497 e. The van der Waals surface area contributed by atoms with E-state index in [2.05, 4.69) is 20.3 Å². The van der Waals surface area contributed by atoms with Gasteiger partial charge >= 0.3 is 0 Å². The van der Waals surface area contributed by atoms with Crippen molar-refractivity contribution in [1.82, 2.24) is 15.0 Å². The summed E-state index contributed by atoms with van der Waals surface area (Å²) in [5, 5.41) is 5.50. The summed E-state index contributed by atoms with van der Waals surface area (Å²) in [6.07, 6.45) is 3.19. The van der Waals surface area contributed by atoms with Crippen molar-refractivity contribution in [2.75, 3.05) is 12.4 Å². The number of carbonyl (C=O) groups excluding carboxylic acids is 1. The summed E-state index contributed by atoms with van der Waals surface area (Å²) in [7, 11) is 1.63. The first-order valence-electron chi connectivity index (χ1n) is 10.4. The Kier molecular flexibility index (Phi) is 6.24. The van der Waals surface area contributed by atoms with Gasteiger partial charge in [0.15, 0.2) is 21.8 Å². The molecule has 172 valence electrons. The number of methoxy groups -OCH3 is 1. The number of hydrogen-bond donors (Lipinski definition) is 2. The number of anilines is 1. The summed E-state index contributed by atoms with van der Waals surface area (Å²) >= 11 is 2.69. The number of furan rings is 2. The first-order chi connectivity index (χ1) is 16.6. The SMILES string of the molecule is COc1ccc(-c2csc(NC(=O)C(C)Sc3nc(-c4ccco4)c(-c4ccco4)[nH]3)n2)cc1. The molecule has 1 aromatic carbocycles. The van der Waals surface area contributed by atoms with E-state index in [9.17, 15) is 4.79 Å². The number of aromatic amines is 1. The van der Waals surface area contributed by atoms with E-state index in [0.29, 0.717) is 33.2 Å². The Morgan fingerprint density at radius 2 is 1.82 bits per heavy atom. The maximum atomic E-state index is 12.8. The van der Waals surface area contributed by atoms with Crippen LogP contribution in [0.1, 0.15) is 6.92 Å². The van der Waals surface area contributed by atoms with Crippen molar-refractivity contribution in [2.24, 2.45) is 0 Å². The average Bonchev–Trinajstić information content (AvgIpc) is 3.66. The number of imidazole rings is 1. The van der Waals surface area contributed by atoms with Crippen LogP contribution < -0.4 is 10.1 Å². The van der Waals surface area contributed by atoms with E-state index in [0.717, 1.165) is 17.0 Å². The standard InChI is InChI=1S/C24H20N4O4S2/c1-14(22(29)28-23-25-17(13-33-23)15-7-9-16(30-2)10-8-15)34-24-26-20(18-5-3-11-31-18)21(27-24)19-6-4-12-32-19/h3-14H,1-2H3,(H,26,27)(H,25,28,29). The Balaban J connectivity index is 1.28. The van der Waals surface area contributed by atoms with Crippen molar-refractivity contribution in [3.63, 3.8) is 0 Å². The number of thiazole rings is 1. The van der Waals surface area contributed by atoms with Gasteiger partial charge in [-0.3, -0.25) is 4.79 Å². The predicted octanol–water partition coefficient (Wildman–Crippen LogP) is 6.18. The normalized spacial score (nSPS) is 11.9. The molecular formula is C24H20N4O4S2. The van der Waals surface area contributed by atoms with Crippen LogP contribution in [0.25, 0.3) is 34.2 Å². The minimum atomic E-state index is -0.423. The first kappa shape index (κ1) is 22.1. The van der Waals surface area contributed by atoms with E-state index in [4.69, 9.17) is 13.6 Å². The molecule has 5 aromatic rings. The molecule has 8 nitrogen and oxygen atoms in total. The van der Waals surface area contributed by atoms with Gasteiger partial charge in [-0.2, -0.15) is 0 Å². The van der Waals surface area contributed by atoms with Crippen LogP contribution in [0.4, 0.5) is 5.13 Å². The van der Waals surface area contributed by atoms with E-state index in [1.807, 2.05) is 48.7 Å². The number of benzene rings is 1. The smallest absolute Gasteiger partial charge is 0.239 e. The fourth-order valence-corrected chi connectivity index (χ4v) is 4.78. The predicted molar refractivity (Wildman–Crippen MR) is 132 cm³/mol. The van der Waals surface area contributed by atoms with Gasteiger partial charge in [0.25, 0.3) is 0 Å². The molecule has 1 amide bonds. The average molecular weight is 493 g/mol. The van der Waals surface area contributed by atoms with Crippen molar-refractivity contribution in [1.29, 1.82) is 0 Å². The molecule has 0 radical (unpaired) electrons. The second kappa shape index (κ2) is 9.62. The molecule has 0 aliphatic heterocycles. The molecule has 10 heteroatoms. The summed E-state index contributed by atoms with van der Waals surface area (Å²) in [6.45, 7) is 1.82. The van der Waals surface area contributed by atoms with Crippen LogP contribution in [0.3, 0.4) is 0 Å². The van der Waals surface area contributed by atoms with Crippen molar-refractivity contribution >= 4 is 34.1 Å². The van der Waals surface area contributed by atoms with Crippen molar-refractivity contribution in [3.8, 4) is 39.9 Å². The molecular weight excluding hydrogens is 472 g/mol. The van der Waals surface area contributed by atoms with Gasteiger partial charge in [0.2, 0.25) is 5.91 Å². The maximum absolute atomic E-state index is 12.8. The van der Waals surface area contributed by atoms with E-state index >= 15 is 0 Å². The zero-order chi connectivity index (χ0) is 23.5. The molecule has 0 fully saturated rings. The molecule has 5 rings (SSSR count). The van der Waals surface area contributed by atoms with Crippen LogP contribution >= 0.6 is 23.1 Å². The topological polar surface area (TPSA) is 106 Å². The third-order valence-electron chi connectivity index (χ3n) is 4.98. The van der Waals surface area contributed by atoms with Crippen LogP contribution in [-0.4, -0.2) is 33.2 Å². The second-order valence-electron chi connectivity index (χ2n) is 7.24. The van der Waals surface area contributed by atoms with E-state index in [-0.39, 0.29) is 5.91 Å². The molecule has 1 unspecified atom stereocenters. The number of hydrogen-bond acceptors (Lipinski definition) is 8. The zero-order valence-corrected chi connectivity index (χ0v) is 19.9. The highest BCUT2D eigenvalue weighted by Gasteiger charge is 2.22. The molecule has 1 atom stereocenters. The summed E-state index contributed by atoms with van der Waals surface area (Å²) < 4.78 is 16.3. The zero-order valence-electron chi connectivity index (χ0n) is 18.3. The lowest BCUT2D eigenvalue weighted by Gasteiger charge is -2.08. The third-order valence-corrected chi connectivity index (χ3v) is 6.72. The second-order valence-corrected chi connectivity index (χ2v) is 9.42. The van der Waals surface area contributed by atoms with Crippen molar-refractivity contribution < 1.29 is 18.4 Å². The summed E-state index contributed by atoms with van der Waals surface area (Å²) in [5.74, 6) is 1.86. The highest BCUT2D eigenvalue weighted by molar-refractivity contribution is 8.00. The molecule has 4 heterocycles. The minimum absolute atomic E-state index is 0.170. The number of nitrogens with one attached hydrogen (secondary N) is 2. The summed E-state index contributed by atoms with van der Waals surface area (Å²) in [5.41, 5.74) is 3.06. The molecule has 4 aromatic heterocycles. The molecule has 0 aliphatic rings. The number of rotatable bonds is 8. The number of ether oxygens (including phenoxy) is 1. The lowest BCUT2D eigenvalue weighted by molar-refractivity contribution is -0.115. The Labute approximate surface area is 203 Å². The van der Waals surface area contributed by atoms with Crippen molar-refractivity contribution in [2.45, 2.75) is 17.3 Å². The molecule has 0 aliphatic carbocycles. The molecule has 0 bridgehead atoms. The Hall–Kier alpha value is -3.76. The van der Waals surface area contributed by atoms with Crippen LogP contribution in [0, 0.1) is 0 Å². The summed E-state index contributed by atoms with van der Waals surface area (Å²) in [4.78, 5) is 25.3. The van der Waals surface area contributed by atoms with Gasteiger partial charge in [-0.1, -0.05) is 11.8 Å². The van der Waals surface area contributed by atoms with Crippen LogP contribution in [0.15, 0.2) is 80.4 Å². The number of aromatic nitrogens is 3. The van der Waals surface area contributed by atoms with Crippen LogP contribution in [0.5, 0.6) is 5.75 Å². The molecule has 34 heavy (non-hydrogen) atoms. The number of H-pyrrole nitrogens is 1. The van der Waals surface area contributed by atoms with Crippen LogP contribution in [0.2, 0.25) is 0 Å². The van der Waals surface area contributed by atoms with Gasteiger partial charge in [0.05, 0.1) is 30.6 Å². The van der Waals surface area contributed by atoms with Gasteiger partial charge in [0.1, 0.15) is 17.1 Å². The molecule has 2 N–H and O–H groups in total. The largest absolute Gasteiger partial charge is 0.497 e. The lowest BCUT2D eigenvalue weighted by atomic mass is 10.2. The van der Waals surface area contributed by atoms with Crippen LogP contribution in [-0.2, 0) is 4.79 Å². The number of nitrogens with zero attached hydrogens (tertiary/aromatic N) is 2. The van der Waals surface area contributed by atoms with Gasteiger partial charge in [-0.05, 0) is 55.5 Å². The molecule has 0 saturated heterocycles. The quantitative estimate of drug-likeness (QED) is 0.249. The van der Waals surface area contributed by atoms with Gasteiger partial charge in [0, 0.05) is 10.9 Å². The fraction of sp³-hybridized carbons (Fsp3) is 0.125. The number of carbonyl (C=O) groups is 1. The van der Waals surface area contributed by atoms with E-state index in [1.165, 1.54) is 23.1 Å². The highest BCUT2D eigenvalue weighted by Crippen LogP contribution is 2.34. The van der Waals surface area contributed by atoms with Gasteiger partial charge < -0.3 is 23.9 Å². The lowest BCUT2D eigenvalue weighted by Crippen LogP contribution is -2.22. The fourth-order valence-electron chi connectivity index (χ4n) is 3.25. The van der Waals surface area contributed by atoms with Crippen molar-refractivity contribution in [3.05, 3.63) is 66.4 Å². The van der Waals surface area contributed by atoms with Gasteiger partial charge in [-0.15, -0.1) is 11.3 Å². The molecule has 0 spiro atoms. The summed E-state index contributed by atoms with van der Waals surface area (Å²) in [6, 6.07) is 14.9. The maximum Gasteiger partial charge on any atom is 0.239 e. The number of thioether (sulfide) groups is 1. The van der Waals surface area contributed by atoms with Gasteiger partial charge in [-0.25, -0.2) is 9.97 Å². The number of amides is 1.